The summed E-state index contributed by atoms with van der Waals surface area (Å²) in [5.41, 5.74) is 0.152. The summed E-state index contributed by atoms with van der Waals surface area (Å²) < 4.78 is 18.8. The highest BCUT2D eigenvalue weighted by atomic mass is 19.1. The molecule has 1 aromatic heterocycles. The molecular weight excluding hydrogens is 355 g/mol. The lowest BCUT2D eigenvalue weighted by molar-refractivity contribution is -0.137. The zero-order valence-electron chi connectivity index (χ0n) is 14.9. The van der Waals surface area contributed by atoms with Crippen LogP contribution in [0.3, 0.4) is 0 Å². The van der Waals surface area contributed by atoms with Gasteiger partial charge in [0, 0.05) is 26.1 Å². The SMILES string of the molecule is Cc1cc(NC(=O)CN(C)C(=O)C2CC(=O)N(c3ccccc3F)C2)no1. The molecule has 2 heterocycles. The first kappa shape index (κ1) is 18.6. The Morgan fingerprint density at radius 2 is 2.15 bits per heavy atom. The zero-order chi connectivity index (χ0) is 19.6. The highest BCUT2D eigenvalue weighted by Crippen LogP contribution is 2.28. The van der Waals surface area contributed by atoms with Gasteiger partial charge in [0.2, 0.25) is 17.7 Å². The van der Waals surface area contributed by atoms with Crippen molar-refractivity contribution in [3.05, 3.63) is 41.9 Å². The number of aryl methyl sites for hydroxylation is 1. The average Bonchev–Trinajstić information content (AvgIpc) is 3.20. The van der Waals surface area contributed by atoms with Crippen LogP contribution in [0.25, 0.3) is 0 Å². The Labute approximate surface area is 154 Å². The molecule has 27 heavy (non-hydrogen) atoms. The largest absolute Gasteiger partial charge is 0.360 e. The fourth-order valence-corrected chi connectivity index (χ4v) is 2.99. The van der Waals surface area contributed by atoms with Gasteiger partial charge >= 0.3 is 0 Å². The number of carbonyl (C=O) groups is 3. The summed E-state index contributed by atoms with van der Waals surface area (Å²) in [4.78, 5) is 39.3. The van der Waals surface area contributed by atoms with E-state index in [9.17, 15) is 18.8 Å². The third-order valence-electron chi connectivity index (χ3n) is 4.27. The fraction of sp³-hybridized carbons (Fsp3) is 0.333. The number of hydrogen-bond donors (Lipinski definition) is 1. The second kappa shape index (κ2) is 7.56. The van der Waals surface area contributed by atoms with Gasteiger partial charge in [-0.2, -0.15) is 0 Å². The van der Waals surface area contributed by atoms with Crippen LogP contribution in [-0.2, 0) is 14.4 Å². The van der Waals surface area contributed by atoms with E-state index in [0.29, 0.717) is 5.76 Å². The van der Waals surface area contributed by atoms with Crippen LogP contribution in [0.5, 0.6) is 0 Å². The number of amides is 3. The molecule has 8 nitrogen and oxygen atoms in total. The topological polar surface area (TPSA) is 95.8 Å². The van der Waals surface area contributed by atoms with Crippen molar-refractivity contribution in [3.63, 3.8) is 0 Å². The van der Waals surface area contributed by atoms with Gasteiger partial charge < -0.3 is 19.6 Å². The van der Waals surface area contributed by atoms with Crippen LogP contribution in [0.4, 0.5) is 15.9 Å². The second-order valence-corrected chi connectivity index (χ2v) is 6.42. The van der Waals surface area contributed by atoms with Crippen molar-refractivity contribution in [1.29, 1.82) is 0 Å². The van der Waals surface area contributed by atoms with Crippen molar-refractivity contribution < 1.29 is 23.3 Å². The molecule has 1 N–H and O–H groups in total. The number of likely N-dealkylation sites (N-methyl/N-ethyl adjacent to an activating group) is 1. The molecule has 0 spiro atoms. The molecular formula is C18H19FN4O4. The van der Waals surface area contributed by atoms with Crippen molar-refractivity contribution in [2.45, 2.75) is 13.3 Å². The van der Waals surface area contributed by atoms with Crippen molar-refractivity contribution in [2.75, 3.05) is 30.4 Å². The van der Waals surface area contributed by atoms with Crippen LogP contribution in [-0.4, -0.2) is 47.9 Å². The van der Waals surface area contributed by atoms with E-state index in [-0.39, 0.29) is 42.8 Å². The van der Waals surface area contributed by atoms with Gasteiger partial charge in [0.1, 0.15) is 11.6 Å². The molecule has 1 unspecified atom stereocenters. The Morgan fingerprint density at radius 3 is 2.81 bits per heavy atom. The molecule has 1 saturated heterocycles. The summed E-state index contributed by atoms with van der Waals surface area (Å²) in [6.07, 6.45) is -0.0262. The van der Waals surface area contributed by atoms with Crippen molar-refractivity contribution in [3.8, 4) is 0 Å². The lowest BCUT2D eigenvalue weighted by Crippen LogP contribution is -2.39. The normalized spacial score (nSPS) is 16.5. The van der Waals surface area contributed by atoms with Crippen molar-refractivity contribution in [2.24, 2.45) is 5.92 Å². The first-order chi connectivity index (χ1) is 12.8. The second-order valence-electron chi connectivity index (χ2n) is 6.42. The highest BCUT2D eigenvalue weighted by molar-refractivity contribution is 6.01. The van der Waals surface area contributed by atoms with E-state index < -0.39 is 17.6 Å². The molecule has 0 aliphatic carbocycles. The number of anilines is 2. The number of nitrogens with zero attached hydrogens (tertiary/aromatic N) is 3. The quantitative estimate of drug-likeness (QED) is 0.857. The van der Waals surface area contributed by atoms with E-state index in [1.807, 2.05) is 0 Å². The number of benzene rings is 1. The van der Waals surface area contributed by atoms with E-state index >= 15 is 0 Å². The lowest BCUT2D eigenvalue weighted by atomic mass is 10.1. The van der Waals surface area contributed by atoms with E-state index in [1.165, 1.54) is 35.0 Å². The van der Waals surface area contributed by atoms with Gasteiger partial charge in [0.25, 0.3) is 0 Å². The lowest BCUT2D eigenvalue weighted by Gasteiger charge is -2.21. The molecule has 1 aromatic carbocycles. The summed E-state index contributed by atoms with van der Waals surface area (Å²) in [5, 5.41) is 6.18. The number of hydrogen-bond acceptors (Lipinski definition) is 5. The number of aromatic nitrogens is 1. The molecule has 3 rings (SSSR count). The molecule has 0 bridgehead atoms. The number of halogens is 1. The van der Waals surface area contributed by atoms with Gasteiger partial charge in [0.05, 0.1) is 18.2 Å². The molecule has 2 aromatic rings. The maximum atomic E-state index is 13.9. The Bertz CT molecular complexity index is 882. The van der Waals surface area contributed by atoms with Crippen LogP contribution < -0.4 is 10.2 Å². The van der Waals surface area contributed by atoms with Gasteiger partial charge in [-0.25, -0.2) is 4.39 Å². The molecule has 0 saturated carbocycles. The maximum Gasteiger partial charge on any atom is 0.245 e. The van der Waals surface area contributed by atoms with E-state index in [2.05, 4.69) is 10.5 Å². The molecule has 1 aliphatic heterocycles. The summed E-state index contributed by atoms with van der Waals surface area (Å²) >= 11 is 0. The molecule has 3 amide bonds. The van der Waals surface area contributed by atoms with Gasteiger partial charge in [-0.1, -0.05) is 17.3 Å². The van der Waals surface area contributed by atoms with Gasteiger partial charge in [-0.3, -0.25) is 14.4 Å². The predicted molar refractivity (Wildman–Crippen MR) is 94.4 cm³/mol. The Kier molecular flexibility index (Phi) is 5.20. The Morgan fingerprint density at radius 1 is 1.41 bits per heavy atom. The number of carbonyl (C=O) groups excluding carboxylic acids is 3. The van der Waals surface area contributed by atoms with Crippen LogP contribution in [0, 0.1) is 18.7 Å². The summed E-state index contributed by atoms with van der Waals surface area (Å²) in [7, 11) is 1.48. The average molecular weight is 374 g/mol. The molecule has 1 atom stereocenters. The molecule has 9 heteroatoms. The van der Waals surface area contributed by atoms with Crippen LogP contribution in [0.1, 0.15) is 12.2 Å². The zero-order valence-corrected chi connectivity index (χ0v) is 14.9. The van der Waals surface area contributed by atoms with Crippen LogP contribution in [0.2, 0.25) is 0 Å². The third-order valence-corrected chi connectivity index (χ3v) is 4.27. The summed E-state index contributed by atoms with van der Waals surface area (Å²) in [6, 6.07) is 7.48. The minimum Gasteiger partial charge on any atom is -0.360 e. The highest BCUT2D eigenvalue weighted by Gasteiger charge is 2.37. The predicted octanol–water partition coefficient (Wildman–Crippen LogP) is 1.57. The summed E-state index contributed by atoms with van der Waals surface area (Å²) in [5.74, 6) is -1.45. The minimum absolute atomic E-state index is 0.0262. The minimum atomic E-state index is -0.635. The molecule has 1 aliphatic rings. The first-order valence-electron chi connectivity index (χ1n) is 8.38. The standard InChI is InChI=1S/C18H19FN4O4/c1-11-7-15(21-27-11)20-16(24)10-22(2)18(26)12-8-17(25)23(9-12)14-6-4-3-5-13(14)19/h3-7,12H,8-10H2,1-2H3,(H,20,21,24). The van der Waals surface area contributed by atoms with Gasteiger partial charge in [0.15, 0.2) is 5.82 Å². The maximum absolute atomic E-state index is 13.9. The monoisotopic (exact) mass is 374 g/mol. The van der Waals surface area contributed by atoms with Gasteiger partial charge in [-0.15, -0.1) is 0 Å². The third kappa shape index (κ3) is 4.13. The summed E-state index contributed by atoms with van der Waals surface area (Å²) in [6.45, 7) is 1.57. The Hall–Kier alpha value is -3.23. The molecule has 1 fully saturated rings. The molecule has 0 radical (unpaired) electrons. The number of rotatable bonds is 5. The first-order valence-corrected chi connectivity index (χ1v) is 8.38. The van der Waals surface area contributed by atoms with Crippen molar-refractivity contribution in [1.82, 2.24) is 10.1 Å². The van der Waals surface area contributed by atoms with E-state index in [1.54, 1.807) is 19.1 Å². The van der Waals surface area contributed by atoms with Crippen LogP contribution >= 0.6 is 0 Å². The number of nitrogens with one attached hydrogen (secondary N) is 1. The fourth-order valence-electron chi connectivity index (χ4n) is 2.99. The van der Waals surface area contributed by atoms with E-state index in [0.717, 1.165) is 0 Å². The van der Waals surface area contributed by atoms with Crippen LogP contribution in [0.15, 0.2) is 34.9 Å². The molecule has 142 valence electrons. The van der Waals surface area contributed by atoms with Gasteiger partial charge in [-0.05, 0) is 19.1 Å². The smallest absolute Gasteiger partial charge is 0.245 e. The van der Waals surface area contributed by atoms with E-state index in [4.69, 9.17) is 4.52 Å². The number of para-hydroxylation sites is 1. The van der Waals surface area contributed by atoms with Crippen molar-refractivity contribution >= 4 is 29.2 Å². The Balaban J connectivity index is 1.59.